The van der Waals surface area contributed by atoms with E-state index in [1.54, 1.807) is 0 Å². The third kappa shape index (κ3) is 4.16. The monoisotopic (exact) mass is 325 g/mol. The van der Waals surface area contributed by atoms with Crippen LogP contribution in [0.25, 0.3) is 0 Å². The number of nitrogens with zero attached hydrogens (tertiary/aromatic N) is 2. The van der Waals surface area contributed by atoms with Crippen LogP contribution in [-0.4, -0.2) is 16.0 Å². The Bertz CT molecular complexity index is 412. The molecule has 0 aromatic carbocycles. The highest BCUT2D eigenvalue weighted by Crippen LogP contribution is 2.28. The Hall–Kier alpha value is -0.640. The first-order chi connectivity index (χ1) is 9.08. The number of anilines is 1. The van der Waals surface area contributed by atoms with Gasteiger partial charge in [0.1, 0.15) is 16.2 Å². The molecule has 0 atom stereocenters. The molecule has 1 aliphatic rings. The van der Waals surface area contributed by atoms with Gasteiger partial charge in [-0.3, -0.25) is 0 Å². The summed E-state index contributed by atoms with van der Waals surface area (Å²) in [4.78, 5) is 9.03. The lowest BCUT2D eigenvalue weighted by atomic mass is 9.84. The van der Waals surface area contributed by atoms with Crippen molar-refractivity contribution in [2.75, 3.05) is 5.32 Å². The number of hydrogen-bond acceptors (Lipinski definition) is 3. The van der Waals surface area contributed by atoms with Crippen molar-refractivity contribution in [3.63, 3.8) is 0 Å². The summed E-state index contributed by atoms with van der Waals surface area (Å²) in [7, 11) is 0. The lowest BCUT2D eigenvalue weighted by Crippen LogP contribution is -2.26. The van der Waals surface area contributed by atoms with Crippen molar-refractivity contribution in [1.29, 1.82) is 0 Å². The molecule has 0 spiro atoms. The molecule has 1 aliphatic carbocycles. The van der Waals surface area contributed by atoms with Gasteiger partial charge in [0.15, 0.2) is 0 Å². The van der Waals surface area contributed by atoms with E-state index in [0.29, 0.717) is 12.0 Å². The summed E-state index contributed by atoms with van der Waals surface area (Å²) >= 11 is 3.48. The Morgan fingerprint density at radius 2 is 1.95 bits per heavy atom. The van der Waals surface area contributed by atoms with Gasteiger partial charge >= 0.3 is 0 Å². The molecule has 1 heterocycles. The maximum atomic E-state index is 4.61. The van der Waals surface area contributed by atoms with E-state index in [2.05, 4.69) is 52.0 Å². The fourth-order valence-electron chi connectivity index (χ4n) is 2.69. The van der Waals surface area contributed by atoms with Crippen LogP contribution in [0.3, 0.4) is 0 Å². The number of aromatic nitrogens is 2. The van der Waals surface area contributed by atoms with E-state index in [9.17, 15) is 0 Å². The van der Waals surface area contributed by atoms with E-state index in [-0.39, 0.29) is 0 Å². The number of halogens is 1. The van der Waals surface area contributed by atoms with Gasteiger partial charge in [0.25, 0.3) is 0 Å². The summed E-state index contributed by atoms with van der Waals surface area (Å²) in [5, 5.41) is 3.58. The van der Waals surface area contributed by atoms with E-state index in [4.69, 9.17) is 0 Å². The summed E-state index contributed by atoms with van der Waals surface area (Å²) in [6.07, 6.45) is 6.53. The minimum atomic E-state index is 0.355. The Balaban J connectivity index is 1.99. The normalized spacial score (nSPS) is 23.6. The van der Waals surface area contributed by atoms with Gasteiger partial charge in [-0.1, -0.05) is 27.2 Å². The Morgan fingerprint density at radius 1 is 1.26 bits per heavy atom. The molecule has 106 valence electrons. The van der Waals surface area contributed by atoms with Crippen LogP contribution in [0.15, 0.2) is 10.7 Å². The van der Waals surface area contributed by atoms with Crippen molar-refractivity contribution in [1.82, 2.24) is 9.97 Å². The van der Waals surface area contributed by atoms with E-state index in [1.807, 2.05) is 6.07 Å². The van der Waals surface area contributed by atoms with Crippen molar-refractivity contribution in [2.45, 2.75) is 64.8 Å². The second-order valence-corrected chi connectivity index (χ2v) is 6.67. The van der Waals surface area contributed by atoms with Gasteiger partial charge in [-0.25, -0.2) is 9.97 Å². The molecule has 1 aromatic heterocycles. The lowest BCUT2D eigenvalue weighted by Gasteiger charge is -2.28. The van der Waals surface area contributed by atoms with Crippen LogP contribution in [-0.2, 0) is 0 Å². The largest absolute Gasteiger partial charge is 0.367 e. The molecule has 3 nitrogen and oxygen atoms in total. The highest BCUT2D eigenvalue weighted by Gasteiger charge is 2.20. The molecule has 0 amide bonds. The molecule has 1 saturated carbocycles. The second kappa shape index (κ2) is 6.69. The van der Waals surface area contributed by atoms with Gasteiger partial charge in [0.05, 0.1) is 0 Å². The summed E-state index contributed by atoms with van der Waals surface area (Å²) in [6, 6.07) is 2.56. The highest BCUT2D eigenvalue weighted by molar-refractivity contribution is 9.10. The fourth-order valence-corrected chi connectivity index (χ4v) is 3.09. The standard InChI is InChI=1S/C15H24BrN3/c1-4-11-5-7-12(8-6-11)17-14-9-13(16)18-15(19-14)10(2)3/h9-12H,4-8H2,1-3H3,(H,17,18,19). The molecule has 0 unspecified atom stereocenters. The van der Waals surface area contributed by atoms with Gasteiger partial charge < -0.3 is 5.32 Å². The SMILES string of the molecule is CCC1CCC(Nc2cc(Br)nc(C(C)C)n2)CC1. The van der Waals surface area contributed by atoms with Crippen molar-refractivity contribution < 1.29 is 0 Å². The molecule has 1 aromatic rings. The average molecular weight is 326 g/mol. The molecule has 19 heavy (non-hydrogen) atoms. The lowest BCUT2D eigenvalue weighted by molar-refractivity contribution is 0.330. The topological polar surface area (TPSA) is 37.8 Å². The van der Waals surface area contributed by atoms with Crippen molar-refractivity contribution in [3.8, 4) is 0 Å². The van der Waals surface area contributed by atoms with Crippen LogP contribution < -0.4 is 5.32 Å². The molecular formula is C15H24BrN3. The smallest absolute Gasteiger partial charge is 0.134 e. The number of nitrogens with one attached hydrogen (secondary N) is 1. The van der Waals surface area contributed by atoms with Gasteiger partial charge in [0.2, 0.25) is 0 Å². The third-order valence-corrected chi connectivity index (χ3v) is 4.41. The highest BCUT2D eigenvalue weighted by atomic mass is 79.9. The van der Waals surface area contributed by atoms with Crippen molar-refractivity contribution in [2.24, 2.45) is 5.92 Å². The molecule has 4 heteroatoms. The predicted molar refractivity (Wildman–Crippen MR) is 83.5 cm³/mol. The Labute approximate surface area is 124 Å². The van der Waals surface area contributed by atoms with Crippen molar-refractivity contribution in [3.05, 3.63) is 16.5 Å². The fraction of sp³-hybridized carbons (Fsp3) is 0.733. The van der Waals surface area contributed by atoms with E-state index in [0.717, 1.165) is 22.2 Å². The number of hydrogen-bond donors (Lipinski definition) is 1. The molecular weight excluding hydrogens is 302 g/mol. The molecule has 1 N–H and O–H groups in total. The molecule has 2 rings (SSSR count). The average Bonchev–Trinajstić information content (AvgIpc) is 2.39. The molecule has 1 fully saturated rings. The minimum absolute atomic E-state index is 0.355. The quantitative estimate of drug-likeness (QED) is 0.812. The first kappa shape index (κ1) is 14.8. The molecule has 0 aliphatic heterocycles. The first-order valence-corrected chi connectivity index (χ1v) is 8.18. The summed E-state index contributed by atoms with van der Waals surface area (Å²) in [5.74, 6) is 3.15. The van der Waals surface area contributed by atoms with E-state index < -0.39 is 0 Å². The van der Waals surface area contributed by atoms with Gasteiger partial charge in [0, 0.05) is 18.0 Å². The van der Waals surface area contributed by atoms with E-state index in [1.165, 1.54) is 32.1 Å². The second-order valence-electron chi connectivity index (χ2n) is 5.86. The van der Waals surface area contributed by atoms with Crippen LogP contribution in [0.4, 0.5) is 5.82 Å². The minimum Gasteiger partial charge on any atom is -0.367 e. The van der Waals surface area contributed by atoms with Crippen LogP contribution >= 0.6 is 15.9 Å². The molecule has 0 saturated heterocycles. The summed E-state index contributed by atoms with van der Waals surface area (Å²) < 4.78 is 0.871. The predicted octanol–water partition coefficient (Wildman–Crippen LogP) is 4.74. The molecule has 0 bridgehead atoms. The van der Waals surface area contributed by atoms with E-state index >= 15 is 0 Å². The van der Waals surface area contributed by atoms with Crippen LogP contribution in [0.5, 0.6) is 0 Å². The van der Waals surface area contributed by atoms with Gasteiger partial charge in [-0.15, -0.1) is 0 Å². The third-order valence-electron chi connectivity index (χ3n) is 4.00. The van der Waals surface area contributed by atoms with Gasteiger partial charge in [-0.05, 0) is 47.5 Å². The van der Waals surface area contributed by atoms with Crippen molar-refractivity contribution >= 4 is 21.7 Å². The summed E-state index contributed by atoms with van der Waals surface area (Å²) in [5.41, 5.74) is 0. The zero-order valence-corrected chi connectivity index (χ0v) is 13.7. The zero-order valence-electron chi connectivity index (χ0n) is 12.1. The van der Waals surface area contributed by atoms with Gasteiger partial charge in [-0.2, -0.15) is 0 Å². The van der Waals surface area contributed by atoms with Crippen LogP contribution in [0, 0.1) is 5.92 Å². The maximum absolute atomic E-state index is 4.61. The summed E-state index contributed by atoms with van der Waals surface area (Å²) in [6.45, 7) is 6.55. The van der Waals surface area contributed by atoms with Crippen LogP contribution in [0.1, 0.15) is 64.6 Å². The molecule has 0 radical (unpaired) electrons. The first-order valence-electron chi connectivity index (χ1n) is 7.39. The maximum Gasteiger partial charge on any atom is 0.134 e. The van der Waals surface area contributed by atoms with Crippen LogP contribution in [0.2, 0.25) is 0 Å². The Morgan fingerprint density at radius 3 is 2.53 bits per heavy atom. The zero-order chi connectivity index (χ0) is 13.8. The Kier molecular flexibility index (Phi) is 5.20. The number of rotatable bonds is 4.